The lowest BCUT2D eigenvalue weighted by Gasteiger charge is -2.30. The van der Waals surface area contributed by atoms with Crippen LogP contribution >= 0.6 is 0 Å². The third kappa shape index (κ3) is 5.19. The first-order valence-electron chi connectivity index (χ1n) is 9.80. The Bertz CT molecular complexity index is 791. The predicted octanol–water partition coefficient (Wildman–Crippen LogP) is 3.32. The number of carbonyl (C=O) groups excluding carboxylic acids is 2. The maximum Gasteiger partial charge on any atom is 0.425 e. The van der Waals surface area contributed by atoms with Gasteiger partial charge in [0.2, 0.25) is 5.91 Å². The van der Waals surface area contributed by atoms with Crippen LogP contribution in [-0.4, -0.2) is 41.7 Å². The Labute approximate surface area is 167 Å². The summed E-state index contributed by atoms with van der Waals surface area (Å²) in [4.78, 5) is 28.8. The van der Waals surface area contributed by atoms with Crippen LogP contribution in [0.3, 0.4) is 0 Å². The zero-order chi connectivity index (χ0) is 21.4. The molecule has 0 aliphatic heterocycles. The Hall–Kier alpha value is -2.32. The minimum Gasteiger partial charge on any atom is -0.481 e. The van der Waals surface area contributed by atoms with Crippen molar-refractivity contribution in [2.75, 3.05) is 7.05 Å². The third-order valence-electron chi connectivity index (χ3n) is 5.59. The molecule has 2 unspecified atom stereocenters. The molecule has 2 atom stereocenters. The van der Waals surface area contributed by atoms with Gasteiger partial charge < -0.3 is 15.4 Å². The van der Waals surface area contributed by atoms with Gasteiger partial charge in [0.05, 0.1) is 0 Å². The molecule has 1 heterocycles. The molecule has 3 rings (SSSR count). The van der Waals surface area contributed by atoms with Gasteiger partial charge in [0.25, 0.3) is 5.91 Å². The molecule has 0 spiro atoms. The number of nitrogens with one attached hydrogen (secondary N) is 2. The summed E-state index contributed by atoms with van der Waals surface area (Å²) in [7, 11) is 1.53. The van der Waals surface area contributed by atoms with Crippen molar-refractivity contribution in [2.24, 2.45) is 5.92 Å². The number of pyridine rings is 1. The second kappa shape index (κ2) is 7.84. The van der Waals surface area contributed by atoms with Crippen LogP contribution in [0.25, 0.3) is 0 Å². The Morgan fingerprint density at radius 2 is 1.93 bits per heavy atom. The summed E-state index contributed by atoms with van der Waals surface area (Å²) < 4.78 is 44.0. The molecule has 160 valence electrons. The highest BCUT2D eigenvalue weighted by atomic mass is 19.4. The van der Waals surface area contributed by atoms with Crippen molar-refractivity contribution >= 4 is 11.8 Å². The summed E-state index contributed by atoms with van der Waals surface area (Å²) in [6.45, 7) is 2.74. The number of halogens is 3. The van der Waals surface area contributed by atoms with Crippen molar-refractivity contribution in [2.45, 2.75) is 69.7 Å². The fraction of sp³-hybridized carbons (Fsp3) is 0.650. The number of aromatic nitrogens is 1. The SMILES string of the molecule is CNC(=O)CC(C)(NC(=O)c1cc(OC(C)C(F)(F)F)c(C2CC2)cn1)C1CC1. The number of alkyl halides is 3. The van der Waals surface area contributed by atoms with E-state index < -0.39 is 23.7 Å². The van der Waals surface area contributed by atoms with Crippen LogP contribution in [0.5, 0.6) is 5.75 Å². The molecule has 29 heavy (non-hydrogen) atoms. The lowest BCUT2D eigenvalue weighted by molar-refractivity contribution is -0.189. The van der Waals surface area contributed by atoms with Gasteiger partial charge in [-0.25, -0.2) is 0 Å². The fourth-order valence-corrected chi connectivity index (χ4v) is 3.39. The lowest BCUT2D eigenvalue weighted by Crippen LogP contribution is -2.50. The summed E-state index contributed by atoms with van der Waals surface area (Å²) in [5.41, 5.74) is -0.176. The number of ether oxygens (including phenoxy) is 1. The monoisotopic (exact) mass is 413 g/mol. The highest BCUT2D eigenvalue weighted by molar-refractivity contribution is 5.93. The molecule has 1 aromatic heterocycles. The van der Waals surface area contributed by atoms with Crippen molar-refractivity contribution in [3.8, 4) is 5.75 Å². The van der Waals surface area contributed by atoms with Gasteiger partial charge in [-0.05, 0) is 51.4 Å². The van der Waals surface area contributed by atoms with Crippen LogP contribution in [0.2, 0.25) is 0 Å². The van der Waals surface area contributed by atoms with Crippen LogP contribution in [0, 0.1) is 5.92 Å². The van der Waals surface area contributed by atoms with Crippen LogP contribution in [-0.2, 0) is 4.79 Å². The smallest absolute Gasteiger partial charge is 0.425 e. The van der Waals surface area contributed by atoms with Crippen LogP contribution in [0.1, 0.15) is 67.9 Å². The Morgan fingerprint density at radius 3 is 2.45 bits per heavy atom. The van der Waals surface area contributed by atoms with E-state index in [0.717, 1.165) is 32.6 Å². The van der Waals surface area contributed by atoms with Gasteiger partial charge in [0.15, 0.2) is 6.10 Å². The summed E-state index contributed by atoms with van der Waals surface area (Å²) in [6, 6.07) is 1.28. The Morgan fingerprint density at radius 1 is 1.28 bits per heavy atom. The van der Waals surface area contributed by atoms with Crippen LogP contribution in [0.15, 0.2) is 12.3 Å². The first-order chi connectivity index (χ1) is 13.5. The topological polar surface area (TPSA) is 80.3 Å². The average Bonchev–Trinajstić information content (AvgIpc) is 3.53. The molecule has 6 nitrogen and oxygen atoms in total. The van der Waals surface area contributed by atoms with E-state index in [4.69, 9.17) is 4.74 Å². The van der Waals surface area contributed by atoms with E-state index in [1.165, 1.54) is 19.3 Å². The van der Waals surface area contributed by atoms with E-state index in [1.54, 1.807) is 6.92 Å². The van der Waals surface area contributed by atoms with E-state index in [2.05, 4.69) is 15.6 Å². The van der Waals surface area contributed by atoms with Gasteiger partial charge in [-0.15, -0.1) is 0 Å². The molecule has 2 fully saturated rings. The van der Waals surface area contributed by atoms with Crippen molar-refractivity contribution in [3.05, 3.63) is 23.5 Å². The molecule has 0 aromatic carbocycles. The molecule has 2 aliphatic rings. The van der Waals surface area contributed by atoms with Gasteiger partial charge in [-0.3, -0.25) is 14.6 Å². The van der Waals surface area contributed by atoms with Gasteiger partial charge in [-0.2, -0.15) is 13.2 Å². The van der Waals surface area contributed by atoms with Crippen molar-refractivity contribution < 1.29 is 27.5 Å². The normalized spacial score (nSPS) is 19.8. The summed E-state index contributed by atoms with van der Waals surface area (Å²) in [6.07, 6.45) is -1.44. The van der Waals surface area contributed by atoms with Crippen molar-refractivity contribution in [1.82, 2.24) is 15.6 Å². The summed E-state index contributed by atoms with van der Waals surface area (Å²) in [5.74, 6) is -0.401. The van der Waals surface area contributed by atoms with Gasteiger partial charge in [-0.1, -0.05) is 0 Å². The zero-order valence-electron chi connectivity index (χ0n) is 16.7. The van der Waals surface area contributed by atoms with E-state index >= 15 is 0 Å². The molecule has 2 amide bonds. The maximum absolute atomic E-state index is 13.0. The third-order valence-corrected chi connectivity index (χ3v) is 5.59. The van der Waals surface area contributed by atoms with Crippen molar-refractivity contribution in [1.29, 1.82) is 0 Å². The number of rotatable bonds is 8. The number of nitrogens with zero attached hydrogens (tertiary/aromatic N) is 1. The molecule has 0 bridgehead atoms. The fourth-order valence-electron chi connectivity index (χ4n) is 3.39. The number of carbonyl (C=O) groups is 2. The molecule has 2 saturated carbocycles. The Balaban J connectivity index is 1.81. The van der Waals surface area contributed by atoms with Gasteiger partial charge in [0.1, 0.15) is 11.4 Å². The summed E-state index contributed by atoms with van der Waals surface area (Å²) in [5, 5.41) is 5.43. The van der Waals surface area contributed by atoms with Crippen LogP contribution < -0.4 is 15.4 Å². The first kappa shape index (κ1) is 21.4. The maximum atomic E-state index is 13.0. The quantitative estimate of drug-likeness (QED) is 0.685. The van der Waals surface area contributed by atoms with Crippen molar-refractivity contribution in [3.63, 3.8) is 0 Å². The lowest BCUT2D eigenvalue weighted by atomic mass is 9.91. The number of hydrogen-bond acceptors (Lipinski definition) is 4. The van der Waals surface area contributed by atoms with Gasteiger partial charge >= 0.3 is 6.18 Å². The molecule has 2 aliphatic carbocycles. The van der Waals surface area contributed by atoms with Crippen LogP contribution in [0.4, 0.5) is 13.2 Å². The standard InChI is InChI=1S/C20H26F3N3O3/c1-11(20(21,22)23)29-16-8-15(25-10-14(16)12-4-5-12)18(28)26-19(2,13-6-7-13)9-17(27)24-3/h8,10-13H,4-7,9H2,1-3H3,(H,24,27)(H,26,28). The van der Waals surface area contributed by atoms with Gasteiger partial charge in [0, 0.05) is 36.8 Å². The Kier molecular flexibility index (Phi) is 5.78. The number of amides is 2. The summed E-state index contributed by atoms with van der Waals surface area (Å²) >= 11 is 0. The molecule has 9 heteroatoms. The largest absolute Gasteiger partial charge is 0.481 e. The second-order valence-corrected chi connectivity index (χ2v) is 8.18. The predicted molar refractivity (Wildman–Crippen MR) is 99.6 cm³/mol. The van der Waals surface area contributed by atoms with E-state index in [0.29, 0.717) is 5.56 Å². The highest BCUT2D eigenvalue weighted by Crippen LogP contribution is 2.45. The van der Waals surface area contributed by atoms with E-state index in [9.17, 15) is 22.8 Å². The molecule has 0 saturated heterocycles. The first-order valence-corrected chi connectivity index (χ1v) is 9.80. The minimum absolute atomic E-state index is 0.0254. The van der Waals surface area contributed by atoms with E-state index in [-0.39, 0.29) is 35.6 Å². The molecule has 2 N–H and O–H groups in total. The average molecular weight is 413 g/mol. The highest BCUT2D eigenvalue weighted by Gasteiger charge is 2.44. The molecular weight excluding hydrogens is 387 g/mol. The molecular formula is C20H26F3N3O3. The van der Waals surface area contributed by atoms with E-state index in [1.807, 2.05) is 0 Å². The number of hydrogen-bond donors (Lipinski definition) is 2. The molecule has 0 radical (unpaired) electrons. The minimum atomic E-state index is -4.51. The molecule has 1 aromatic rings. The zero-order valence-corrected chi connectivity index (χ0v) is 16.7. The second-order valence-electron chi connectivity index (χ2n) is 8.18.